The third kappa shape index (κ3) is 4.52. The molecule has 0 bridgehead atoms. The number of hydrogen-bond donors (Lipinski definition) is 1. The molecule has 0 unspecified atom stereocenters. The second-order valence-electron chi connectivity index (χ2n) is 6.54. The first-order chi connectivity index (χ1) is 11.6. The minimum Gasteiger partial charge on any atom is -0.384 e. The number of thiophene rings is 1. The van der Waals surface area contributed by atoms with Gasteiger partial charge in [0, 0.05) is 13.1 Å². The van der Waals surface area contributed by atoms with Gasteiger partial charge in [-0.15, -0.1) is 23.1 Å². The average Bonchev–Trinajstić information content (AvgIpc) is 3.18. The second-order valence-corrected chi connectivity index (χ2v) is 9.19. The Labute approximate surface area is 152 Å². The first-order valence-electron chi connectivity index (χ1n) is 8.64. The van der Waals surface area contributed by atoms with Crippen molar-refractivity contribution in [1.29, 1.82) is 0 Å². The van der Waals surface area contributed by atoms with Crippen molar-refractivity contribution in [2.75, 3.05) is 51.7 Å². The number of carbonyl (C=O) groups is 1. The van der Waals surface area contributed by atoms with Crippen LogP contribution in [-0.2, 0) is 4.74 Å². The molecule has 1 N–H and O–H groups in total. The number of hydrogen-bond acceptors (Lipinski definition) is 6. The maximum Gasteiger partial charge on any atom is 0.264 e. The van der Waals surface area contributed by atoms with Crippen LogP contribution >= 0.6 is 23.1 Å². The molecule has 2 aliphatic heterocycles. The molecular weight excluding hydrogens is 344 g/mol. The molecule has 24 heavy (non-hydrogen) atoms. The summed E-state index contributed by atoms with van der Waals surface area (Å²) in [5.41, 5.74) is -0.977. The molecular formula is C17H26N2O3S2. The van der Waals surface area contributed by atoms with Gasteiger partial charge in [-0.05, 0) is 43.8 Å². The summed E-state index contributed by atoms with van der Waals surface area (Å²) in [5, 5.41) is 11.0. The average molecular weight is 371 g/mol. The van der Waals surface area contributed by atoms with Gasteiger partial charge in [-0.25, -0.2) is 0 Å². The fourth-order valence-electron chi connectivity index (χ4n) is 3.35. The highest BCUT2D eigenvalue weighted by molar-refractivity contribution is 8.01. The lowest BCUT2D eigenvalue weighted by atomic mass is 10.0. The fraction of sp³-hybridized carbons (Fsp3) is 0.706. The van der Waals surface area contributed by atoms with E-state index in [1.54, 1.807) is 16.7 Å². The lowest BCUT2D eigenvalue weighted by Crippen LogP contribution is -2.52. The zero-order chi connectivity index (χ0) is 17.0. The molecule has 1 aromatic heterocycles. The SMILES string of the molecule is CCSc1ccc(C(=O)N2CCOC[C@@](O)(CN3CCCC3)C2)s1. The van der Waals surface area contributed by atoms with Crippen molar-refractivity contribution in [3.8, 4) is 0 Å². The number of amides is 1. The van der Waals surface area contributed by atoms with E-state index in [1.807, 2.05) is 12.1 Å². The number of thioether (sulfide) groups is 1. The van der Waals surface area contributed by atoms with Crippen LogP contribution in [0.4, 0.5) is 0 Å². The normalized spacial score (nSPS) is 25.8. The van der Waals surface area contributed by atoms with Crippen LogP contribution < -0.4 is 0 Å². The summed E-state index contributed by atoms with van der Waals surface area (Å²) in [6.45, 7) is 6.41. The molecule has 0 radical (unpaired) electrons. The monoisotopic (exact) mass is 370 g/mol. The van der Waals surface area contributed by atoms with Crippen molar-refractivity contribution in [2.24, 2.45) is 0 Å². The number of carbonyl (C=O) groups excluding carboxylic acids is 1. The molecule has 2 aliphatic rings. The maximum atomic E-state index is 12.8. The van der Waals surface area contributed by atoms with Gasteiger partial charge in [0.2, 0.25) is 0 Å². The Hall–Kier alpha value is -0.600. The van der Waals surface area contributed by atoms with E-state index in [2.05, 4.69) is 11.8 Å². The highest BCUT2D eigenvalue weighted by Crippen LogP contribution is 2.28. The van der Waals surface area contributed by atoms with Gasteiger partial charge in [-0.2, -0.15) is 0 Å². The number of aliphatic hydroxyl groups is 1. The van der Waals surface area contributed by atoms with Gasteiger partial charge >= 0.3 is 0 Å². The van der Waals surface area contributed by atoms with Crippen LogP contribution in [0.15, 0.2) is 16.3 Å². The number of likely N-dealkylation sites (tertiary alicyclic amines) is 1. The summed E-state index contributed by atoms with van der Waals surface area (Å²) >= 11 is 3.29. The van der Waals surface area contributed by atoms with Crippen molar-refractivity contribution in [2.45, 2.75) is 29.6 Å². The highest BCUT2D eigenvalue weighted by Gasteiger charge is 2.37. The largest absolute Gasteiger partial charge is 0.384 e. The van der Waals surface area contributed by atoms with E-state index >= 15 is 0 Å². The molecule has 3 heterocycles. The Morgan fingerprint density at radius 3 is 2.92 bits per heavy atom. The van der Waals surface area contributed by atoms with E-state index in [-0.39, 0.29) is 5.91 Å². The topological polar surface area (TPSA) is 53.0 Å². The van der Waals surface area contributed by atoms with Crippen LogP contribution in [0.3, 0.4) is 0 Å². The summed E-state index contributed by atoms with van der Waals surface area (Å²) in [7, 11) is 0. The second kappa shape index (κ2) is 8.19. The van der Waals surface area contributed by atoms with Crippen LogP contribution in [0.25, 0.3) is 0 Å². The predicted molar refractivity (Wildman–Crippen MR) is 98.1 cm³/mol. The Morgan fingerprint density at radius 2 is 2.17 bits per heavy atom. The Bertz CT molecular complexity index is 560. The summed E-state index contributed by atoms with van der Waals surface area (Å²) in [4.78, 5) is 17.6. The van der Waals surface area contributed by atoms with E-state index < -0.39 is 5.60 Å². The minimum absolute atomic E-state index is 0.00769. The fourth-order valence-corrected chi connectivity index (χ4v) is 5.37. The van der Waals surface area contributed by atoms with E-state index in [0.717, 1.165) is 23.7 Å². The van der Waals surface area contributed by atoms with Crippen molar-refractivity contribution in [3.63, 3.8) is 0 Å². The molecule has 0 spiro atoms. The standard InChI is InChI=1S/C17H26N2O3S2/c1-2-23-15-6-5-14(24-15)16(20)19-9-10-22-13-17(21,12-19)11-18-7-3-4-8-18/h5-6,21H,2-4,7-13H2,1H3/t17-/m1/s1. The Balaban J connectivity index is 1.67. The first kappa shape index (κ1) is 18.2. The number of rotatable bonds is 5. The smallest absolute Gasteiger partial charge is 0.264 e. The van der Waals surface area contributed by atoms with E-state index in [4.69, 9.17) is 4.74 Å². The molecule has 134 valence electrons. The molecule has 0 aliphatic carbocycles. The molecule has 2 fully saturated rings. The predicted octanol–water partition coefficient (Wildman–Crippen LogP) is 2.16. The van der Waals surface area contributed by atoms with Gasteiger partial charge in [0.15, 0.2) is 0 Å². The third-order valence-corrected chi connectivity index (χ3v) is 6.62. The van der Waals surface area contributed by atoms with E-state index in [9.17, 15) is 9.90 Å². The summed E-state index contributed by atoms with van der Waals surface area (Å²) in [5.74, 6) is 1.01. The van der Waals surface area contributed by atoms with Crippen molar-refractivity contribution in [1.82, 2.24) is 9.80 Å². The molecule has 1 aromatic rings. The molecule has 5 nitrogen and oxygen atoms in total. The minimum atomic E-state index is -0.977. The lowest BCUT2D eigenvalue weighted by molar-refractivity contribution is -0.0524. The van der Waals surface area contributed by atoms with E-state index in [0.29, 0.717) is 32.8 Å². The molecule has 0 saturated carbocycles. The van der Waals surface area contributed by atoms with Crippen molar-refractivity contribution < 1.29 is 14.6 Å². The summed E-state index contributed by atoms with van der Waals surface area (Å²) in [6.07, 6.45) is 2.37. The number of β-amino-alcohol motifs (C(OH)–C–C–N with tert-alkyl or cyclic N) is 1. The molecule has 1 atom stereocenters. The Kier molecular flexibility index (Phi) is 6.21. The third-order valence-electron chi connectivity index (χ3n) is 4.44. The van der Waals surface area contributed by atoms with Gasteiger partial charge in [0.1, 0.15) is 5.60 Å². The summed E-state index contributed by atoms with van der Waals surface area (Å²) < 4.78 is 6.78. The van der Waals surface area contributed by atoms with Gasteiger partial charge in [-0.1, -0.05) is 6.92 Å². The molecule has 0 aromatic carbocycles. The van der Waals surface area contributed by atoms with Crippen molar-refractivity contribution >= 4 is 29.0 Å². The summed E-state index contributed by atoms with van der Waals surface area (Å²) in [6, 6.07) is 3.91. The van der Waals surface area contributed by atoms with Gasteiger partial charge in [0.05, 0.1) is 28.8 Å². The van der Waals surface area contributed by atoms with Crippen molar-refractivity contribution in [3.05, 3.63) is 17.0 Å². The van der Waals surface area contributed by atoms with Crippen LogP contribution in [0.1, 0.15) is 29.4 Å². The zero-order valence-electron chi connectivity index (χ0n) is 14.2. The number of ether oxygens (including phenoxy) is 1. The highest BCUT2D eigenvalue weighted by atomic mass is 32.2. The molecule has 7 heteroatoms. The Morgan fingerprint density at radius 1 is 1.38 bits per heavy atom. The molecule has 3 rings (SSSR count). The first-order valence-corrected chi connectivity index (χ1v) is 10.4. The van der Waals surface area contributed by atoms with Gasteiger partial charge < -0.3 is 19.6 Å². The zero-order valence-corrected chi connectivity index (χ0v) is 15.8. The van der Waals surface area contributed by atoms with Crippen LogP contribution in [0.2, 0.25) is 0 Å². The quantitative estimate of drug-likeness (QED) is 0.805. The molecule has 2 saturated heterocycles. The van der Waals surface area contributed by atoms with Crippen LogP contribution in [0, 0.1) is 0 Å². The maximum absolute atomic E-state index is 12.8. The molecule has 1 amide bonds. The van der Waals surface area contributed by atoms with Crippen LogP contribution in [-0.4, -0.2) is 78.1 Å². The van der Waals surface area contributed by atoms with E-state index in [1.165, 1.54) is 28.4 Å². The van der Waals surface area contributed by atoms with Crippen LogP contribution in [0.5, 0.6) is 0 Å². The lowest BCUT2D eigenvalue weighted by Gasteiger charge is -2.33. The van der Waals surface area contributed by atoms with Gasteiger partial charge in [-0.3, -0.25) is 4.79 Å². The number of nitrogens with zero attached hydrogens (tertiary/aromatic N) is 2. The van der Waals surface area contributed by atoms with Gasteiger partial charge in [0.25, 0.3) is 5.91 Å².